The van der Waals surface area contributed by atoms with Gasteiger partial charge in [-0.1, -0.05) is 24.3 Å². The molecule has 0 radical (unpaired) electrons. The molecule has 0 aliphatic heterocycles. The highest BCUT2D eigenvalue weighted by molar-refractivity contribution is 5.74. The van der Waals surface area contributed by atoms with Crippen LogP contribution >= 0.6 is 0 Å². The number of carboxylic acids is 1. The maximum absolute atomic E-state index is 11.8. The summed E-state index contributed by atoms with van der Waals surface area (Å²) >= 11 is 0. The lowest BCUT2D eigenvalue weighted by molar-refractivity contribution is -0.385. The number of nitrogens with zero attached hydrogens (tertiary/aromatic N) is 2. The van der Waals surface area contributed by atoms with Gasteiger partial charge in [-0.25, -0.2) is 0 Å². The normalized spacial score (nSPS) is 11.1. The molecule has 0 unspecified atom stereocenters. The van der Waals surface area contributed by atoms with E-state index in [1.165, 1.54) is 24.3 Å². The molecule has 0 aliphatic rings. The lowest BCUT2D eigenvalue weighted by Crippen LogP contribution is -2.29. The van der Waals surface area contributed by atoms with E-state index in [4.69, 9.17) is 0 Å². The highest BCUT2D eigenvalue weighted by Crippen LogP contribution is 2.31. The van der Waals surface area contributed by atoms with E-state index in [0.29, 0.717) is 36.8 Å². The van der Waals surface area contributed by atoms with Crippen LogP contribution < -0.4 is 0 Å². The molecule has 0 saturated heterocycles. The Balaban J connectivity index is 2.07. The van der Waals surface area contributed by atoms with Gasteiger partial charge in [0.15, 0.2) is 0 Å². The number of aliphatic carboxylic acids is 1. The fourth-order valence-corrected chi connectivity index (χ4v) is 2.83. The van der Waals surface area contributed by atoms with Gasteiger partial charge in [-0.15, -0.1) is 0 Å². The molecule has 0 fully saturated rings. The van der Waals surface area contributed by atoms with E-state index in [1.54, 1.807) is 31.2 Å². The Morgan fingerprint density at radius 3 is 1.67 bits per heavy atom. The number of aryl methyl sites for hydroxylation is 2. The molecule has 142 valence electrons. The molecular formula is C19H20N2O6. The van der Waals surface area contributed by atoms with Crippen LogP contribution in [0.15, 0.2) is 48.5 Å². The Morgan fingerprint density at radius 1 is 0.926 bits per heavy atom. The van der Waals surface area contributed by atoms with E-state index in [9.17, 15) is 30.1 Å². The van der Waals surface area contributed by atoms with Gasteiger partial charge in [0.1, 0.15) is 0 Å². The van der Waals surface area contributed by atoms with Crippen molar-refractivity contribution in [3.05, 3.63) is 79.9 Å². The SMILES string of the molecule is CC(CCc1cccc([N+](=O)[O-])c1)(CCc1cccc([N+](=O)[O-])c1)C(=O)O. The summed E-state index contributed by atoms with van der Waals surface area (Å²) < 4.78 is 0. The summed E-state index contributed by atoms with van der Waals surface area (Å²) in [4.78, 5) is 32.6. The van der Waals surface area contributed by atoms with Crippen LogP contribution in [0.5, 0.6) is 0 Å². The summed E-state index contributed by atoms with van der Waals surface area (Å²) in [5, 5.41) is 31.4. The summed E-state index contributed by atoms with van der Waals surface area (Å²) in [7, 11) is 0. The second kappa shape index (κ2) is 8.39. The van der Waals surface area contributed by atoms with Crippen molar-refractivity contribution in [2.24, 2.45) is 5.41 Å². The minimum Gasteiger partial charge on any atom is -0.481 e. The smallest absolute Gasteiger partial charge is 0.309 e. The molecule has 0 heterocycles. The van der Waals surface area contributed by atoms with Crippen molar-refractivity contribution in [3.8, 4) is 0 Å². The van der Waals surface area contributed by atoms with Crippen molar-refractivity contribution in [2.75, 3.05) is 0 Å². The molecular weight excluding hydrogens is 352 g/mol. The second-order valence-electron chi connectivity index (χ2n) is 6.72. The molecule has 2 rings (SSSR count). The zero-order valence-electron chi connectivity index (χ0n) is 14.8. The number of carbonyl (C=O) groups is 1. The van der Waals surface area contributed by atoms with Crippen LogP contribution in [0.1, 0.15) is 30.9 Å². The first kappa shape index (κ1) is 20.0. The zero-order chi connectivity index (χ0) is 20.0. The summed E-state index contributed by atoms with van der Waals surface area (Å²) in [5.41, 5.74) is 0.302. The fourth-order valence-electron chi connectivity index (χ4n) is 2.83. The maximum atomic E-state index is 11.8. The van der Waals surface area contributed by atoms with Crippen molar-refractivity contribution < 1.29 is 19.7 Å². The van der Waals surface area contributed by atoms with Gasteiger partial charge in [-0.2, -0.15) is 0 Å². The molecule has 0 spiro atoms. The van der Waals surface area contributed by atoms with Gasteiger partial charge in [-0.3, -0.25) is 25.0 Å². The quantitative estimate of drug-likeness (QED) is 0.520. The van der Waals surface area contributed by atoms with E-state index in [0.717, 1.165) is 0 Å². The van der Waals surface area contributed by atoms with Crippen LogP contribution in [-0.2, 0) is 17.6 Å². The third-order valence-corrected chi connectivity index (χ3v) is 4.69. The molecule has 0 aromatic heterocycles. The van der Waals surface area contributed by atoms with Crippen LogP contribution in [0, 0.1) is 25.6 Å². The molecule has 2 aromatic carbocycles. The number of carboxylic acid groups (broad SMARTS) is 1. The van der Waals surface area contributed by atoms with Crippen LogP contribution in [0.25, 0.3) is 0 Å². The average Bonchev–Trinajstić information content (AvgIpc) is 2.65. The lowest BCUT2D eigenvalue weighted by Gasteiger charge is -2.25. The number of non-ortho nitro benzene ring substituents is 2. The van der Waals surface area contributed by atoms with E-state index in [2.05, 4.69) is 0 Å². The molecule has 0 amide bonds. The summed E-state index contributed by atoms with van der Waals surface area (Å²) in [6.07, 6.45) is 1.38. The minimum absolute atomic E-state index is 0.0267. The predicted octanol–water partition coefficient (Wildman–Crippen LogP) is 4.16. The fraction of sp³-hybridized carbons (Fsp3) is 0.316. The van der Waals surface area contributed by atoms with Crippen molar-refractivity contribution in [3.63, 3.8) is 0 Å². The van der Waals surface area contributed by atoms with Crippen LogP contribution in [-0.4, -0.2) is 20.9 Å². The Kier molecular flexibility index (Phi) is 6.23. The Morgan fingerprint density at radius 2 is 1.33 bits per heavy atom. The molecule has 0 atom stereocenters. The number of rotatable bonds is 9. The van der Waals surface area contributed by atoms with Crippen LogP contribution in [0.2, 0.25) is 0 Å². The monoisotopic (exact) mass is 372 g/mol. The van der Waals surface area contributed by atoms with Gasteiger partial charge in [-0.05, 0) is 43.7 Å². The Labute approximate surface area is 155 Å². The highest BCUT2D eigenvalue weighted by Gasteiger charge is 2.32. The van der Waals surface area contributed by atoms with E-state index in [1.807, 2.05) is 0 Å². The number of hydrogen-bond donors (Lipinski definition) is 1. The van der Waals surface area contributed by atoms with Gasteiger partial charge in [0.25, 0.3) is 11.4 Å². The van der Waals surface area contributed by atoms with Crippen molar-refractivity contribution >= 4 is 17.3 Å². The summed E-state index contributed by atoms with van der Waals surface area (Å²) in [5.74, 6) is -0.960. The third-order valence-electron chi connectivity index (χ3n) is 4.69. The van der Waals surface area contributed by atoms with Crippen molar-refractivity contribution in [1.29, 1.82) is 0 Å². The highest BCUT2D eigenvalue weighted by atomic mass is 16.6. The van der Waals surface area contributed by atoms with Gasteiger partial charge < -0.3 is 5.11 Å². The minimum atomic E-state index is -1.05. The third kappa shape index (κ3) is 5.34. The molecule has 0 saturated carbocycles. The number of benzene rings is 2. The predicted molar refractivity (Wildman–Crippen MR) is 98.6 cm³/mol. The second-order valence-corrected chi connectivity index (χ2v) is 6.72. The van der Waals surface area contributed by atoms with Crippen LogP contribution in [0.4, 0.5) is 11.4 Å². The number of nitro benzene ring substituents is 2. The Bertz CT molecular complexity index is 803. The Hall–Kier alpha value is -3.29. The standard InChI is InChI=1S/C19H20N2O6/c1-19(18(22)23,10-8-14-4-2-6-16(12-14)20(24)25)11-9-15-5-3-7-17(13-15)21(26)27/h2-7,12-13H,8-11H2,1H3,(H,22,23). The first-order valence-electron chi connectivity index (χ1n) is 8.41. The number of hydrogen-bond acceptors (Lipinski definition) is 5. The number of nitro groups is 2. The molecule has 0 aliphatic carbocycles. The van der Waals surface area contributed by atoms with Gasteiger partial charge in [0.05, 0.1) is 15.3 Å². The first-order chi connectivity index (χ1) is 12.7. The average molecular weight is 372 g/mol. The lowest BCUT2D eigenvalue weighted by atomic mass is 9.79. The summed E-state index contributed by atoms with van der Waals surface area (Å²) in [6, 6.07) is 12.3. The van der Waals surface area contributed by atoms with Crippen molar-refractivity contribution in [1.82, 2.24) is 0 Å². The molecule has 0 bridgehead atoms. The molecule has 2 aromatic rings. The molecule has 1 N–H and O–H groups in total. The summed E-state index contributed by atoms with van der Waals surface area (Å²) in [6.45, 7) is 1.63. The van der Waals surface area contributed by atoms with E-state index < -0.39 is 21.2 Å². The molecule has 8 nitrogen and oxygen atoms in total. The van der Waals surface area contributed by atoms with E-state index >= 15 is 0 Å². The topological polar surface area (TPSA) is 124 Å². The molecule has 27 heavy (non-hydrogen) atoms. The van der Waals surface area contributed by atoms with Crippen LogP contribution in [0.3, 0.4) is 0 Å². The van der Waals surface area contributed by atoms with Gasteiger partial charge in [0.2, 0.25) is 0 Å². The van der Waals surface area contributed by atoms with Gasteiger partial charge >= 0.3 is 5.97 Å². The van der Waals surface area contributed by atoms with Gasteiger partial charge in [0, 0.05) is 24.3 Å². The van der Waals surface area contributed by atoms with Crippen molar-refractivity contribution in [2.45, 2.75) is 32.6 Å². The largest absolute Gasteiger partial charge is 0.481 e. The first-order valence-corrected chi connectivity index (χ1v) is 8.41. The molecule has 8 heteroatoms. The zero-order valence-corrected chi connectivity index (χ0v) is 14.8. The van der Waals surface area contributed by atoms with E-state index in [-0.39, 0.29) is 11.4 Å². The maximum Gasteiger partial charge on any atom is 0.309 e.